The maximum absolute atomic E-state index is 12.9. The smallest absolute Gasteiger partial charge is 0.319 e. The zero-order valence-corrected chi connectivity index (χ0v) is 11.8. The van der Waals surface area contributed by atoms with E-state index in [1.165, 1.54) is 12.4 Å². The third kappa shape index (κ3) is 3.56. The van der Waals surface area contributed by atoms with Crippen LogP contribution in [0.4, 0.5) is 8.78 Å². The minimum atomic E-state index is -2.65. The highest BCUT2D eigenvalue weighted by molar-refractivity contribution is 5.71. The van der Waals surface area contributed by atoms with Crippen molar-refractivity contribution in [3.8, 4) is 0 Å². The maximum Gasteiger partial charge on any atom is 0.319 e. The van der Waals surface area contributed by atoms with E-state index in [2.05, 4.69) is 4.98 Å². The molecule has 0 radical (unpaired) electrons. The normalized spacial score (nSPS) is 22.3. The molecule has 2 rings (SSSR count). The number of ether oxygens (including phenoxy) is 1. The first-order valence-corrected chi connectivity index (χ1v) is 6.89. The Morgan fingerprint density at radius 2 is 2.38 bits per heavy atom. The van der Waals surface area contributed by atoms with E-state index in [4.69, 9.17) is 4.74 Å². The monoisotopic (exact) mass is 303 g/mol. The largest absolute Gasteiger partial charge is 0.481 e. The number of halogens is 2. The van der Waals surface area contributed by atoms with Gasteiger partial charge in [0.15, 0.2) is 0 Å². The number of alkyl halides is 2. The van der Waals surface area contributed by atoms with Crippen LogP contribution in [0, 0.1) is 5.92 Å². The van der Waals surface area contributed by atoms with Crippen molar-refractivity contribution >= 4 is 5.97 Å². The predicted octanol–water partition coefficient (Wildman–Crippen LogP) is 1.59. The van der Waals surface area contributed by atoms with E-state index in [-0.39, 0.29) is 25.0 Å². The van der Waals surface area contributed by atoms with Crippen LogP contribution < -0.4 is 0 Å². The highest BCUT2D eigenvalue weighted by atomic mass is 19.3. The molecule has 0 amide bonds. The van der Waals surface area contributed by atoms with E-state index in [0.717, 1.165) is 11.0 Å². The minimum absolute atomic E-state index is 0.156. The number of hydrogen-bond acceptors (Lipinski definition) is 4. The molecule has 0 bridgehead atoms. The molecule has 118 valence electrons. The topological polar surface area (TPSA) is 67.6 Å². The lowest BCUT2D eigenvalue weighted by Crippen LogP contribution is -2.43. The third-order valence-electron chi connectivity index (χ3n) is 3.65. The Labute approximate surface area is 121 Å². The maximum atomic E-state index is 12.9. The van der Waals surface area contributed by atoms with Crippen LogP contribution in [0.5, 0.6) is 0 Å². The number of carboxylic acids is 1. The summed E-state index contributed by atoms with van der Waals surface area (Å²) < 4.78 is 31.8. The summed E-state index contributed by atoms with van der Waals surface area (Å²) in [7, 11) is 0. The molecule has 1 saturated heterocycles. The molecule has 8 heteroatoms. The summed E-state index contributed by atoms with van der Waals surface area (Å²) >= 11 is 0. The van der Waals surface area contributed by atoms with Crippen molar-refractivity contribution in [3.05, 3.63) is 18.2 Å². The van der Waals surface area contributed by atoms with Gasteiger partial charge in [-0.3, -0.25) is 14.3 Å². The molecule has 1 N–H and O–H groups in total. The van der Waals surface area contributed by atoms with Crippen molar-refractivity contribution in [2.45, 2.75) is 32.5 Å². The minimum Gasteiger partial charge on any atom is -0.481 e. The fourth-order valence-corrected chi connectivity index (χ4v) is 2.61. The van der Waals surface area contributed by atoms with Crippen LogP contribution in [0.2, 0.25) is 0 Å². The molecule has 0 aliphatic carbocycles. The Kier molecular flexibility index (Phi) is 5.24. The molecule has 1 aromatic rings. The standard InChI is InChI=1S/C13H19F2N3O3/c1-2-4-17(10-8-21-7-9(10)12(19)20)6-11-16-3-5-18(11)13(14)15/h3,5,9-10,13H,2,4,6-8H2,1H3,(H,19,20). The highest BCUT2D eigenvalue weighted by Gasteiger charge is 2.38. The van der Waals surface area contributed by atoms with Gasteiger partial charge in [0.2, 0.25) is 0 Å². The zero-order valence-electron chi connectivity index (χ0n) is 11.8. The molecule has 2 atom stereocenters. The summed E-state index contributed by atoms with van der Waals surface area (Å²) in [4.78, 5) is 17.1. The van der Waals surface area contributed by atoms with E-state index in [1.807, 2.05) is 11.8 Å². The lowest BCUT2D eigenvalue weighted by molar-refractivity contribution is -0.143. The van der Waals surface area contributed by atoms with E-state index in [0.29, 0.717) is 13.2 Å². The van der Waals surface area contributed by atoms with Crippen molar-refractivity contribution < 1.29 is 23.4 Å². The molecule has 2 unspecified atom stereocenters. The molecule has 0 saturated carbocycles. The first-order chi connectivity index (χ1) is 10.0. The number of imidazole rings is 1. The fourth-order valence-electron chi connectivity index (χ4n) is 2.61. The Morgan fingerprint density at radius 1 is 1.62 bits per heavy atom. The summed E-state index contributed by atoms with van der Waals surface area (Å²) in [5.41, 5.74) is 0. The van der Waals surface area contributed by atoms with Crippen molar-refractivity contribution in [2.24, 2.45) is 5.92 Å². The number of hydrogen-bond donors (Lipinski definition) is 1. The van der Waals surface area contributed by atoms with Crippen LogP contribution in [0.25, 0.3) is 0 Å². The van der Waals surface area contributed by atoms with Crippen molar-refractivity contribution in [2.75, 3.05) is 19.8 Å². The van der Waals surface area contributed by atoms with E-state index in [9.17, 15) is 18.7 Å². The van der Waals surface area contributed by atoms with E-state index < -0.39 is 18.4 Å². The Balaban J connectivity index is 2.15. The first kappa shape index (κ1) is 15.8. The Hall–Kier alpha value is -1.54. The van der Waals surface area contributed by atoms with E-state index in [1.54, 1.807) is 0 Å². The van der Waals surface area contributed by atoms with Crippen LogP contribution >= 0.6 is 0 Å². The van der Waals surface area contributed by atoms with Gasteiger partial charge >= 0.3 is 12.5 Å². The summed E-state index contributed by atoms with van der Waals surface area (Å²) in [6.07, 6.45) is 3.34. The molecule has 2 heterocycles. The predicted molar refractivity (Wildman–Crippen MR) is 69.9 cm³/mol. The highest BCUT2D eigenvalue weighted by Crippen LogP contribution is 2.23. The average molecular weight is 303 g/mol. The Bertz CT molecular complexity index is 481. The second-order valence-corrected chi connectivity index (χ2v) is 5.05. The summed E-state index contributed by atoms with van der Waals surface area (Å²) in [5, 5.41) is 9.22. The molecule has 0 spiro atoms. The molecule has 1 aromatic heterocycles. The molecular weight excluding hydrogens is 284 g/mol. The van der Waals surface area contributed by atoms with Crippen molar-refractivity contribution in [1.29, 1.82) is 0 Å². The molecule has 1 aliphatic rings. The van der Waals surface area contributed by atoms with E-state index >= 15 is 0 Å². The van der Waals surface area contributed by atoms with Gasteiger partial charge in [-0.15, -0.1) is 0 Å². The zero-order chi connectivity index (χ0) is 15.4. The van der Waals surface area contributed by atoms with Gasteiger partial charge in [0.05, 0.1) is 25.7 Å². The Morgan fingerprint density at radius 3 is 3.00 bits per heavy atom. The first-order valence-electron chi connectivity index (χ1n) is 6.89. The number of aromatic nitrogens is 2. The van der Waals surface area contributed by atoms with Gasteiger partial charge < -0.3 is 9.84 Å². The number of carboxylic acid groups (broad SMARTS) is 1. The SMILES string of the molecule is CCCN(Cc1nccn1C(F)F)C1COCC1C(=O)O. The van der Waals surface area contributed by atoms with Crippen LogP contribution in [0.1, 0.15) is 25.7 Å². The van der Waals surface area contributed by atoms with Crippen LogP contribution in [0.15, 0.2) is 12.4 Å². The lowest BCUT2D eigenvalue weighted by Gasteiger charge is -2.29. The van der Waals surface area contributed by atoms with Gasteiger partial charge in [-0.25, -0.2) is 4.98 Å². The van der Waals surface area contributed by atoms with Gasteiger partial charge in [0.1, 0.15) is 5.82 Å². The number of aliphatic carboxylic acids is 1. The summed E-state index contributed by atoms with van der Waals surface area (Å²) in [5.74, 6) is -1.32. The number of rotatable bonds is 7. The lowest BCUT2D eigenvalue weighted by atomic mass is 10.0. The van der Waals surface area contributed by atoms with Crippen LogP contribution in [-0.4, -0.2) is 51.3 Å². The third-order valence-corrected chi connectivity index (χ3v) is 3.65. The summed E-state index contributed by atoms with van der Waals surface area (Å²) in [6.45, 7) is 0.548. The second kappa shape index (κ2) is 6.95. The van der Waals surface area contributed by atoms with Gasteiger partial charge in [-0.2, -0.15) is 8.78 Å². The van der Waals surface area contributed by atoms with Crippen LogP contribution in [-0.2, 0) is 16.1 Å². The quantitative estimate of drug-likeness (QED) is 0.828. The molecular formula is C13H19F2N3O3. The van der Waals surface area contributed by atoms with Gasteiger partial charge in [-0.1, -0.05) is 6.92 Å². The number of carbonyl (C=O) groups is 1. The van der Waals surface area contributed by atoms with Gasteiger partial charge in [-0.05, 0) is 13.0 Å². The second-order valence-electron chi connectivity index (χ2n) is 5.05. The van der Waals surface area contributed by atoms with Crippen molar-refractivity contribution in [1.82, 2.24) is 14.5 Å². The van der Waals surface area contributed by atoms with Gasteiger partial charge in [0.25, 0.3) is 0 Å². The molecule has 1 fully saturated rings. The molecule has 0 aromatic carbocycles. The van der Waals surface area contributed by atoms with Gasteiger partial charge in [0, 0.05) is 18.4 Å². The van der Waals surface area contributed by atoms with Crippen molar-refractivity contribution in [3.63, 3.8) is 0 Å². The molecule has 1 aliphatic heterocycles. The fraction of sp³-hybridized carbons (Fsp3) is 0.692. The number of nitrogens with zero attached hydrogens (tertiary/aromatic N) is 3. The summed E-state index contributed by atoms with van der Waals surface area (Å²) in [6, 6.07) is -0.315. The molecule has 6 nitrogen and oxygen atoms in total. The average Bonchev–Trinajstić information content (AvgIpc) is 3.06. The molecule has 21 heavy (non-hydrogen) atoms. The van der Waals surface area contributed by atoms with Crippen LogP contribution in [0.3, 0.4) is 0 Å².